The molecule has 0 amide bonds. The Kier molecular flexibility index (Phi) is 3.46. The molecule has 1 fully saturated rings. The van der Waals surface area contributed by atoms with Gasteiger partial charge in [-0.15, -0.1) is 0 Å². The first-order valence-electron chi connectivity index (χ1n) is 6.80. The van der Waals surface area contributed by atoms with E-state index in [4.69, 9.17) is 21.1 Å². The van der Waals surface area contributed by atoms with Gasteiger partial charge in [0.15, 0.2) is 0 Å². The third-order valence-corrected chi connectivity index (χ3v) is 4.40. The maximum Gasteiger partial charge on any atom is 0.126 e. The summed E-state index contributed by atoms with van der Waals surface area (Å²) in [6.07, 6.45) is 2.37. The van der Waals surface area contributed by atoms with E-state index < -0.39 is 5.60 Å². The van der Waals surface area contributed by atoms with Crippen LogP contribution in [0.15, 0.2) is 12.1 Å². The van der Waals surface area contributed by atoms with E-state index in [1.165, 1.54) is 0 Å². The first kappa shape index (κ1) is 13.2. The monoisotopic (exact) mass is 282 g/mol. The van der Waals surface area contributed by atoms with Gasteiger partial charge in [0, 0.05) is 30.4 Å². The topological polar surface area (TPSA) is 38.7 Å². The Morgan fingerprint density at radius 3 is 3.00 bits per heavy atom. The van der Waals surface area contributed by atoms with Crippen molar-refractivity contribution >= 4 is 11.6 Å². The molecule has 1 saturated heterocycles. The first-order chi connectivity index (χ1) is 9.06. The molecule has 0 bridgehead atoms. The van der Waals surface area contributed by atoms with Crippen molar-refractivity contribution in [3.05, 3.63) is 28.3 Å². The van der Waals surface area contributed by atoms with Crippen molar-refractivity contribution in [1.29, 1.82) is 0 Å². The van der Waals surface area contributed by atoms with Crippen LogP contribution in [0.3, 0.4) is 0 Å². The van der Waals surface area contributed by atoms with Crippen LogP contribution in [0.4, 0.5) is 0 Å². The molecule has 104 valence electrons. The zero-order valence-electron chi connectivity index (χ0n) is 11.1. The molecule has 4 heteroatoms. The number of hydrogen-bond donors (Lipinski definition) is 1. The Morgan fingerprint density at radius 1 is 1.42 bits per heavy atom. The largest absolute Gasteiger partial charge is 0.493 e. The van der Waals surface area contributed by atoms with Gasteiger partial charge in [-0.05, 0) is 36.6 Å². The number of halogens is 1. The summed E-state index contributed by atoms with van der Waals surface area (Å²) in [4.78, 5) is 0. The molecule has 1 aromatic carbocycles. The van der Waals surface area contributed by atoms with Gasteiger partial charge in [0.1, 0.15) is 5.75 Å². The second kappa shape index (κ2) is 4.97. The molecule has 0 radical (unpaired) electrons. The lowest BCUT2D eigenvalue weighted by atomic mass is 9.83. The summed E-state index contributed by atoms with van der Waals surface area (Å²) in [5.41, 5.74) is 1.39. The molecular formula is C15H19ClO3. The van der Waals surface area contributed by atoms with Gasteiger partial charge in [0.2, 0.25) is 0 Å². The molecule has 0 saturated carbocycles. The fraction of sp³-hybridized carbons (Fsp3) is 0.600. The van der Waals surface area contributed by atoms with E-state index in [0.717, 1.165) is 41.3 Å². The van der Waals surface area contributed by atoms with Crippen LogP contribution < -0.4 is 4.74 Å². The molecule has 3 nitrogen and oxygen atoms in total. The molecule has 0 aliphatic carbocycles. The Balaban J connectivity index is 1.86. The zero-order chi connectivity index (χ0) is 13.5. The number of rotatable bonds is 3. The molecule has 2 unspecified atom stereocenters. The van der Waals surface area contributed by atoms with Crippen LogP contribution >= 0.6 is 11.6 Å². The van der Waals surface area contributed by atoms with Crippen LogP contribution in [0.5, 0.6) is 5.75 Å². The highest BCUT2D eigenvalue weighted by Crippen LogP contribution is 2.37. The Bertz CT molecular complexity index is 479. The predicted octanol–water partition coefficient (Wildman–Crippen LogP) is 2.60. The van der Waals surface area contributed by atoms with Crippen molar-refractivity contribution in [3.63, 3.8) is 0 Å². The predicted molar refractivity (Wildman–Crippen MR) is 73.9 cm³/mol. The molecular weight excluding hydrogens is 264 g/mol. The fourth-order valence-electron chi connectivity index (χ4n) is 3.03. The minimum atomic E-state index is -0.777. The second-order valence-electron chi connectivity index (χ2n) is 5.75. The van der Waals surface area contributed by atoms with Gasteiger partial charge < -0.3 is 14.6 Å². The van der Waals surface area contributed by atoms with E-state index in [1.807, 2.05) is 19.1 Å². The van der Waals surface area contributed by atoms with Gasteiger partial charge in [-0.1, -0.05) is 11.6 Å². The van der Waals surface area contributed by atoms with Gasteiger partial charge in [-0.2, -0.15) is 0 Å². The maximum absolute atomic E-state index is 10.7. The minimum Gasteiger partial charge on any atom is -0.493 e. The number of fused-ring (bicyclic) bond motifs is 1. The summed E-state index contributed by atoms with van der Waals surface area (Å²) >= 11 is 6.16. The van der Waals surface area contributed by atoms with Gasteiger partial charge in [-0.25, -0.2) is 0 Å². The highest BCUT2D eigenvalue weighted by Gasteiger charge is 2.36. The highest BCUT2D eigenvalue weighted by molar-refractivity contribution is 6.30. The van der Waals surface area contributed by atoms with Crippen molar-refractivity contribution in [1.82, 2.24) is 0 Å². The van der Waals surface area contributed by atoms with E-state index in [-0.39, 0.29) is 5.92 Å². The average molecular weight is 283 g/mol. The third-order valence-electron chi connectivity index (χ3n) is 4.18. The lowest BCUT2D eigenvalue weighted by Crippen LogP contribution is -2.37. The lowest BCUT2D eigenvalue weighted by molar-refractivity contribution is -0.00494. The van der Waals surface area contributed by atoms with E-state index in [0.29, 0.717) is 19.6 Å². The van der Waals surface area contributed by atoms with Crippen LogP contribution in [0.25, 0.3) is 0 Å². The number of hydrogen-bond acceptors (Lipinski definition) is 3. The maximum atomic E-state index is 10.7. The molecule has 3 rings (SSSR count). The summed E-state index contributed by atoms with van der Waals surface area (Å²) in [5.74, 6) is 1.10. The minimum absolute atomic E-state index is 0.184. The number of ether oxygens (including phenoxy) is 2. The highest BCUT2D eigenvalue weighted by atomic mass is 35.5. The molecule has 19 heavy (non-hydrogen) atoms. The van der Waals surface area contributed by atoms with E-state index in [2.05, 4.69) is 0 Å². The van der Waals surface area contributed by atoms with Crippen LogP contribution in [0.1, 0.15) is 24.5 Å². The summed E-state index contributed by atoms with van der Waals surface area (Å²) in [7, 11) is 0. The molecule has 2 aliphatic rings. The van der Waals surface area contributed by atoms with Crippen molar-refractivity contribution in [2.24, 2.45) is 5.92 Å². The Hall–Kier alpha value is -0.770. The van der Waals surface area contributed by atoms with Crippen molar-refractivity contribution in [2.45, 2.75) is 31.8 Å². The van der Waals surface area contributed by atoms with E-state index in [1.54, 1.807) is 0 Å². The van der Waals surface area contributed by atoms with Gasteiger partial charge in [-0.3, -0.25) is 0 Å². The number of benzene rings is 1. The van der Waals surface area contributed by atoms with Crippen LogP contribution in [-0.2, 0) is 17.6 Å². The summed E-state index contributed by atoms with van der Waals surface area (Å²) in [6, 6.07) is 3.87. The Morgan fingerprint density at radius 2 is 2.26 bits per heavy atom. The molecule has 2 heterocycles. The molecule has 0 aromatic heterocycles. The van der Waals surface area contributed by atoms with Gasteiger partial charge >= 0.3 is 0 Å². The molecule has 2 atom stereocenters. The van der Waals surface area contributed by atoms with Gasteiger partial charge in [0.25, 0.3) is 0 Å². The molecule has 2 aliphatic heterocycles. The van der Waals surface area contributed by atoms with Crippen LogP contribution in [0, 0.1) is 5.92 Å². The summed E-state index contributed by atoms with van der Waals surface area (Å²) in [6.45, 7) is 3.97. The van der Waals surface area contributed by atoms with Crippen molar-refractivity contribution in [3.8, 4) is 5.75 Å². The smallest absolute Gasteiger partial charge is 0.126 e. The second-order valence-corrected chi connectivity index (χ2v) is 6.18. The zero-order valence-corrected chi connectivity index (χ0v) is 11.9. The third kappa shape index (κ3) is 2.60. The number of aliphatic hydroxyl groups is 1. The van der Waals surface area contributed by atoms with E-state index >= 15 is 0 Å². The lowest BCUT2D eigenvalue weighted by Gasteiger charge is -2.29. The molecule has 1 N–H and O–H groups in total. The van der Waals surface area contributed by atoms with Gasteiger partial charge in [0.05, 0.1) is 18.8 Å². The standard InChI is InChI=1S/C15H19ClO3/c1-15(17,12-3-4-18-9-12)8-11-7-13(16)6-10-2-5-19-14(10)11/h6-7,12,17H,2-5,8-9H2,1H3. The fourth-order valence-corrected chi connectivity index (χ4v) is 3.30. The molecule has 0 spiro atoms. The quantitative estimate of drug-likeness (QED) is 0.926. The molecule has 1 aromatic rings. The SMILES string of the molecule is CC(O)(Cc1cc(Cl)cc2c1OCC2)C1CCOC1. The summed E-state index contributed by atoms with van der Waals surface area (Å²) in [5, 5.41) is 11.4. The van der Waals surface area contributed by atoms with Crippen molar-refractivity contribution < 1.29 is 14.6 Å². The average Bonchev–Trinajstić information content (AvgIpc) is 2.98. The first-order valence-corrected chi connectivity index (χ1v) is 7.18. The Labute approximate surface area is 118 Å². The summed E-state index contributed by atoms with van der Waals surface area (Å²) < 4.78 is 11.1. The van der Waals surface area contributed by atoms with Crippen LogP contribution in [0.2, 0.25) is 5.02 Å². The van der Waals surface area contributed by atoms with Crippen LogP contribution in [-0.4, -0.2) is 30.5 Å². The van der Waals surface area contributed by atoms with Crippen molar-refractivity contribution in [2.75, 3.05) is 19.8 Å². The van der Waals surface area contributed by atoms with E-state index in [9.17, 15) is 5.11 Å². The normalized spacial score (nSPS) is 24.9.